The molecule has 1 aliphatic rings. The van der Waals surface area contributed by atoms with E-state index in [0.717, 1.165) is 37.8 Å². The van der Waals surface area contributed by atoms with E-state index < -0.39 is 11.9 Å². The Bertz CT molecular complexity index is 1200. The summed E-state index contributed by atoms with van der Waals surface area (Å²) in [5.74, 6) is -1.11. The van der Waals surface area contributed by atoms with E-state index in [9.17, 15) is 14.0 Å². The van der Waals surface area contributed by atoms with Crippen LogP contribution < -0.4 is 10.6 Å². The van der Waals surface area contributed by atoms with Crippen molar-refractivity contribution in [2.24, 2.45) is 5.92 Å². The second kappa shape index (κ2) is 10.8. The van der Waals surface area contributed by atoms with Gasteiger partial charge in [-0.3, -0.25) is 19.3 Å². The molecule has 2 heterocycles. The van der Waals surface area contributed by atoms with Crippen molar-refractivity contribution in [2.75, 3.05) is 5.32 Å². The molecule has 1 fully saturated rings. The van der Waals surface area contributed by atoms with Gasteiger partial charge in [0.2, 0.25) is 5.91 Å². The van der Waals surface area contributed by atoms with Gasteiger partial charge in [0.1, 0.15) is 17.6 Å². The van der Waals surface area contributed by atoms with Crippen LogP contribution in [0.15, 0.2) is 48.8 Å². The zero-order valence-corrected chi connectivity index (χ0v) is 20.4. The summed E-state index contributed by atoms with van der Waals surface area (Å²) >= 11 is 0. The minimum Gasteiger partial charge on any atom is -0.339 e. The van der Waals surface area contributed by atoms with Crippen LogP contribution in [0, 0.1) is 18.7 Å². The average Bonchev–Trinajstić information content (AvgIpc) is 3.34. The highest BCUT2D eigenvalue weighted by molar-refractivity contribution is 6.00. The summed E-state index contributed by atoms with van der Waals surface area (Å²) in [4.78, 5) is 30.7. The summed E-state index contributed by atoms with van der Waals surface area (Å²) in [6.07, 6.45) is 8.12. The zero-order chi connectivity index (χ0) is 24.9. The minimum absolute atomic E-state index is 0.0117. The Morgan fingerprint density at radius 1 is 1.06 bits per heavy atom. The quantitative estimate of drug-likeness (QED) is 0.484. The molecule has 2 aromatic heterocycles. The number of carbonyl (C=O) groups is 2. The number of benzene rings is 1. The lowest BCUT2D eigenvalue weighted by atomic mass is 9.83. The molecule has 1 unspecified atom stereocenters. The van der Waals surface area contributed by atoms with E-state index in [1.807, 2.05) is 26.8 Å². The number of hydrogen-bond donors (Lipinski definition) is 2. The normalized spacial score (nSPS) is 15.1. The lowest BCUT2D eigenvalue weighted by molar-refractivity contribution is -0.119. The Hall–Kier alpha value is -3.55. The predicted octanol–water partition coefficient (Wildman–Crippen LogP) is 5.29. The maximum Gasteiger partial charge on any atom is 0.270 e. The van der Waals surface area contributed by atoms with Crippen LogP contribution in [-0.2, 0) is 4.79 Å². The van der Waals surface area contributed by atoms with Gasteiger partial charge in [-0.05, 0) is 69.9 Å². The van der Waals surface area contributed by atoms with Crippen molar-refractivity contribution in [1.82, 2.24) is 20.1 Å². The van der Waals surface area contributed by atoms with Crippen LogP contribution in [-0.4, -0.2) is 32.6 Å². The third-order valence-corrected chi connectivity index (χ3v) is 6.62. The van der Waals surface area contributed by atoms with E-state index in [0.29, 0.717) is 22.5 Å². The molecule has 8 heteroatoms. The highest BCUT2D eigenvalue weighted by Crippen LogP contribution is 2.29. The molecule has 3 aromatic rings. The molecule has 1 atom stereocenters. The SMILES string of the molecule is Cc1ncccc1-c1ccc(NC(=O)C(NC(=O)c2ccnn2C(C)C)C2CCCCC2)cc1F. The second-order valence-electron chi connectivity index (χ2n) is 9.42. The van der Waals surface area contributed by atoms with Crippen molar-refractivity contribution in [3.05, 3.63) is 66.0 Å². The van der Waals surface area contributed by atoms with Gasteiger partial charge < -0.3 is 10.6 Å². The molecule has 35 heavy (non-hydrogen) atoms. The van der Waals surface area contributed by atoms with E-state index in [4.69, 9.17) is 0 Å². The molecule has 0 radical (unpaired) electrons. The maximum absolute atomic E-state index is 15.0. The van der Waals surface area contributed by atoms with Crippen LogP contribution in [0.1, 0.15) is 68.2 Å². The monoisotopic (exact) mass is 477 g/mol. The van der Waals surface area contributed by atoms with Crippen molar-refractivity contribution < 1.29 is 14.0 Å². The van der Waals surface area contributed by atoms with Gasteiger partial charge in [-0.15, -0.1) is 0 Å². The number of hydrogen-bond acceptors (Lipinski definition) is 4. The molecule has 0 saturated heterocycles. The van der Waals surface area contributed by atoms with Crippen molar-refractivity contribution in [1.29, 1.82) is 0 Å². The summed E-state index contributed by atoms with van der Waals surface area (Å²) < 4.78 is 16.6. The summed E-state index contributed by atoms with van der Waals surface area (Å²) in [6, 6.07) is 9.16. The molecule has 1 aromatic carbocycles. The molecule has 2 amide bonds. The Morgan fingerprint density at radius 3 is 2.51 bits per heavy atom. The highest BCUT2D eigenvalue weighted by Gasteiger charge is 2.32. The predicted molar refractivity (Wildman–Crippen MR) is 133 cm³/mol. The molecule has 1 saturated carbocycles. The van der Waals surface area contributed by atoms with E-state index in [1.165, 1.54) is 6.07 Å². The minimum atomic E-state index is -0.721. The summed E-state index contributed by atoms with van der Waals surface area (Å²) in [6.45, 7) is 5.72. The number of nitrogens with one attached hydrogen (secondary N) is 2. The smallest absolute Gasteiger partial charge is 0.270 e. The van der Waals surface area contributed by atoms with Crippen molar-refractivity contribution in [3.8, 4) is 11.1 Å². The van der Waals surface area contributed by atoms with Gasteiger partial charge in [-0.1, -0.05) is 25.3 Å². The van der Waals surface area contributed by atoms with Gasteiger partial charge in [0.05, 0.1) is 0 Å². The average molecular weight is 478 g/mol. The molecule has 184 valence electrons. The molecule has 0 aliphatic heterocycles. The fraction of sp³-hybridized carbons (Fsp3) is 0.407. The lowest BCUT2D eigenvalue weighted by Crippen LogP contribution is -2.49. The maximum atomic E-state index is 15.0. The molecule has 0 bridgehead atoms. The van der Waals surface area contributed by atoms with E-state index in [-0.39, 0.29) is 23.8 Å². The molecule has 1 aliphatic carbocycles. The molecule has 7 nitrogen and oxygen atoms in total. The van der Waals surface area contributed by atoms with E-state index in [1.54, 1.807) is 41.3 Å². The summed E-state index contributed by atoms with van der Waals surface area (Å²) in [5.41, 5.74) is 2.62. The summed E-state index contributed by atoms with van der Waals surface area (Å²) in [5, 5.41) is 10.0. The van der Waals surface area contributed by atoms with Gasteiger partial charge in [0, 0.05) is 40.9 Å². The van der Waals surface area contributed by atoms with Crippen LogP contribution in [0.2, 0.25) is 0 Å². The Kier molecular flexibility index (Phi) is 7.58. The van der Waals surface area contributed by atoms with Crippen LogP contribution in [0.25, 0.3) is 11.1 Å². The van der Waals surface area contributed by atoms with Crippen LogP contribution in [0.4, 0.5) is 10.1 Å². The molecule has 4 rings (SSSR count). The van der Waals surface area contributed by atoms with Crippen LogP contribution in [0.3, 0.4) is 0 Å². The number of amides is 2. The van der Waals surface area contributed by atoms with Crippen molar-refractivity contribution in [2.45, 2.75) is 65.0 Å². The van der Waals surface area contributed by atoms with Gasteiger partial charge in [0.15, 0.2) is 0 Å². The summed E-state index contributed by atoms with van der Waals surface area (Å²) in [7, 11) is 0. The van der Waals surface area contributed by atoms with Crippen LogP contribution >= 0.6 is 0 Å². The van der Waals surface area contributed by atoms with Gasteiger partial charge in [-0.25, -0.2) is 4.39 Å². The first kappa shape index (κ1) is 24.6. The Morgan fingerprint density at radius 2 is 1.83 bits per heavy atom. The number of halogens is 1. The largest absolute Gasteiger partial charge is 0.339 e. The van der Waals surface area contributed by atoms with Gasteiger partial charge in [-0.2, -0.15) is 5.10 Å². The topological polar surface area (TPSA) is 88.9 Å². The number of aryl methyl sites for hydroxylation is 1. The molecular weight excluding hydrogens is 445 g/mol. The van der Waals surface area contributed by atoms with Gasteiger partial charge in [0.25, 0.3) is 5.91 Å². The van der Waals surface area contributed by atoms with Crippen molar-refractivity contribution in [3.63, 3.8) is 0 Å². The molecule has 2 N–H and O–H groups in total. The first-order valence-corrected chi connectivity index (χ1v) is 12.2. The van der Waals surface area contributed by atoms with E-state index >= 15 is 0 Å². The standard InChI is InChI=1S/C27H32FN5O2/c1-17(2)33-24(13-15-30-33)26(34)32-25(19-8-5-4-6-9-19)27(35)31-20-11-12-22(23(28)16-20)21-10-7-14-29-18(21)3/h7,10-17,19,25H,4-6,8-9H2,1-3H3,(H,31,35)(H,32,34). The fourth-order valence-corrected chi connectivity index (χ4v) is 4.79. The Labute approximate surface area is 205 Å². The third kappa shape index (κ3) is 5.58. The zero-order valence-electron chi connectivity index (χ0n) is 20.4. The highest BCUT2D eigenvalue weighted by atomic mass is 19.1. The third-order valence-electron chi connectivity index (χ3n) is 6.62. The molecule has 0 spiro atoms. The number of pyridine rings is 1. The number of rotatable bonds is 7. The number of nitrogens with zero attached hydrogens (tertiary/aromatic N) is 3. The number of carbonyl (C=O) groups excluding carboxylic acids is 2. The second-order valence-corrected chi connectivity index (χ2v) is 9.42. The first-order chi connectivity index (χ1) is 16.8. The fourth-order valence-electron chi connectivity index (χ4n) is 4.79. The van der Waals surface area contributed by atoms with Crippen molar-refractivity contribution >= 4 is 17.5 Å². The first-order valence-electron chi connectivity index (χ1n) is 12.2. The number of aromatic nitrogens is 3. The van der Waals surface area contributed by atoms with Gasteiger partial charge >= 0.3 is 0 Å². The van der Waals surface area contributed by atoms with Crippen LogP contribution in [0.5, 0.6) is 0 Å². The molecular formula is C27H32FN5O2. The lowest BCUT2D eigenvalue weighted by Gasteiger charge is -2.30. The van der Waals surface area contributed by atoms with E-state index in [2.05, 4.69) is 20.7 Å². The Balaban J connectivity index is 1.54. The number of anilines is 1.